The van der Waals surface area contributed by atoms with Crippen molar-refractivity contribution in [2.75, 3.05) is 25.0 Å². The van der Waals surface area contributed by atoms with Crippen molar-refractivity contribution in [2.45, 2.75) is 20.3 Å². The largest absolute Gasteiger partial charge is 0.368 e. The molecule has 0 spiro atoms. The second kappa shape index (κ2) is 7.59. The van der Waals surface area contributed by atoms with E-state index in [4.69, 9.17) is 16.9 Å². The van der Waals surface area contributed by atoms with E-state index in [2.05, 4.69) is 10.3 Å². The fourth-order valence-electron chi connectivity index (χ4n) is 1.68. The molecular weight excluding hydrogens is 264 g/mol. The number of amides is 1. The van der Waals surface area contributed by atoms with Gasteiger partial charge >= 0.3 is 0 Å². The van der Waals surface area contributed by atoms with Crippen LogP contribution in [0, 0.1) is 11.3 Å². The van der Waals surface area contributed by atoms with Crippen LogP contribution < -0.4 is 5.32 Å². The lowest BCUT2D eigenvalue weighted by Gasteiger charge is -2.18. The van der Waals surface area contributed by atoms with Gasteiger partial charge in [0, 0.05) is 32.3 Å². The number of nitriles is 1. The zero-order valence-corrected chi connectivity index (χ0v) is 11.9. The van der Waals surface area contributed by atoms with E-state index >= 15 is 0 Å². The summed E-state index contributed by atoms with van der Waals surface area (Å²) in [4.78, 5) is 17.6. The molecule has 0 aromatic carbocycles. The summed E-state index contributed by atoms with van der Waals surface area (Å²) in [5, 5.41) is 12.1. The number of anilines is 1. The summed E-state index contributed by atoms with van der Waals surface area (Å²) in [5.74, 6) is 0.526. The first-order valence-corrected chi connectivity index (χ1v) is 6.58. The molecule has 0 aliphatic rings. The highest BCUT2D eigenvalue weighted by atomic mass is 35.5. The molecule has 0 fully saturated rings. The maximum absolute atomic E-state index is 11.8. The van der Waals surface area contributed by atoms with E-state index in [9.17, 15) is 4.79 Å². The molecule has 6 heteroatoms. The SMILES string of the molecule is CCN(CC)C(=O)CCNc1nccc(C#N)c1Cl. The van der Waals surface area contributed by atoms with E-state index in [1.807, 2.05) is 19.9 Å². The Balaban J connectivity index is 2.55. The highest BCUT2D eigenvalue weighted by Gasteiger charge is 2.10. The predicted octanol–water partition coefficient (Wildman–Crippen LogP) is 2.28. The number of nitrogens with one attached hydrogen (secondary N) is 1. The van der Waals surface area contributed by atoms with Crippen LogP contribution >= 0.6 is 11.6 Å². The molecule has 1 N–H and O–H groups in total. The minimum Gasteiger partial charge on any atom is -0.368 e. The van der Waals surface area contributed by atoms with E-state index in [1.54, 1.807) is 11.0 Å². The number of hydrogen-bond donors (Lipinski definition) is 1. The molecule has 0 atom stereocenters. The van der Waals surface area contributed by atoms with Gasteiger partial charge in [-0.05, 0) is 19.9 Å². The third-order valence-electron chi connectivity index (χ3n) is 2.76. The molecule has 0 radical (unpaired) electrons. The second-order valence-corrected chi connectivity index (χ2v) is 4.25. The van der Waals surface area contributed by atoms with Gasteiger partial charge in [-0.25, -0.2) is 4.98 Å². The average Bonchev–Trinajstić information content (AvgIpc) is 2.42. The van der Waals surface area contributed by atoms with Gasteiger partial charge in [0.2, 0.25) is 5.91 Å². The molecule has 0 aliphatic carbocycles. The topological polar surface area (TPSA) is 69.0 Å². The number of aromatic nitrogens is 1. The third kappa shape index (κ3) is 4.11. The van der Waals surface area contributed by atoms with Crippen molar-refractivity contribution in [2.24, 2.45) is 0 Å². The van der Waals surface area contributed by atoms with Crippen molar-refractivity contribution in [3.8, 4) is 6.07 Å². The summed E-state index contributed by atoms with van der Waals surface area (Å²) in [5.41, 5.74) is 0.370. The molecule has 0 saturated heterocycles. The minimum absolute atomic E-state index is 0.0880. The zero-order valence-electron chi connectivity index (χ0n) is 11.1. The van der Waals surface area contributed by atoms with Crippen LogP contribution in [0.25, 0.3) is 0 Å². The summed E-state index contributed by atoms with van der Waals surface area (Å²) < 4.78 is 0. The van der Waals surface area contributed by atoms with Crippen LogP contribution in [-0.2, 0) is 4.79 Å². The number of rotatable bonds is 6. The van der Waals surface area contributed by atoms with Crippen molar-refractivity contribution >= 4 is 23.3 Å². The molecule has 1 aromatic rings. The normalized spacial score (nSPS) is 9.79. The Bertz CT molecular complexity index is 480. The molecule has 1 rings (SSSR count). The van der Waals surface area contributed by atoms with E-state index in [0.717, 1.165) is 0 Å². The highest BCUT2D eigenvalue weighted by Crippen LogP contribution is 2.22. The summed E-state index contributed by atoms with van der Waals surface area (Å²) >= 11 is 6.00. The summed E-state index contributed by atoms with van der Waals surface area (Å²) in [6.07, 6.45) is 1.88. The quantitative estimate of drug-likeness (QED) is 0.868. The first-order chi connectivity index (χ1) is 9.13. The van der Waals surface area contributed by atoms with Gasteiger partial charge in [-0.1, -0.05) is 11.6 Å². The molecule has 102 valence electrons. The van der Waals surface area contributed by atoms with Gasteiger partial charge < -0.3 is 10.2 Å². The van der Waals surface area contributed by atoms with Crippen LogP contribution in [0.15, 0.2) is 12.3 Å². The molecular formula is C13H17ClN4O. The maximum atomic E-state index is 11.8. The number of hydrogen-bond acceptors (Lipinski definition) is 4. The predicted molar refractivity (Wildman–Crippen MR) is 75.0 cm³/mol. The lowest BCUT2D eigenvalue weighted by atomic mass is 10.3. The van der Waals surface area contributed by atoms with Crippen molar-refractivity contribution < 1.29 is 4.79 Å². The maximum Gasteiger partial charge on any atom is 0.224 e. The number of halogens is 1. The fraction of sp³-hybridized carbons (Fsp3) is 0.462. The first kappa shape index (κ1) is 15.3. The van der Waals surface area contributed by atoms with Crippen LogP contribution in [-0.4, -0.2) is 35.4 Å². The van der Waals surface area contributed by atoms with Gasteiger partial charge in [-0.3, -0.25) is 4.79 Å². The average molecular weight is 281 g/mol. The Labute approximate surface area is 118 Å². The van der Waals surface area contributed by atoms with Gasteiger partial charge in [0.15, 0.2) is 0 Å². The lowest BCUT2D eigenvalue weighted by Crippen LogP contribution is -2.31. The standard InChI is InChI=1S/C13H17ClN4O/c1-3-18(4-2)11(19)6-8-17-13-12(14)10(9-15)5-7-16-13/h5,7H,3-4,6,8H2,1-2H3,(H,16,17). The molecule has 1 aromatic heterocycles. The van der Waals surface area contributed by atoms with Crippen molar-refractivity contribution in [3.05, 3.63) is 22.8 Å². The second-order valence-electron chi connectivity index (χ2n) is 3.88. The molecule has 1 heterocycles. The number of pyridine rings is 1. The van der Waals surface area contributed by atoms with E-state index < -0.39 is 0 Å². The van der Waals surface area contributed by atoms with Gasteiger partial charge in [-0.15, -0.1) is 0 Å². The number of carbonyl (C=O) groups is 1. The summed E-state index contributed by atoms with van der Waals surface area (Å²) in [7, 11) is 0. The Morgan fingerprint density at radius 2 is 2.21 bits per heavy atom. The highest BCUT2D eigenvalue weighted by molar-refractivity contribution is 6.34. The van der Waals surface area contributed by atoms with Gasteiger partial charge in [0.05, 0.1) is 5.56 Å². The summed E-state index contributed by atoms with van der Waals surface area (Å²) in [6.45, 7) is 5.75. The molecule has 19 heavy (non-hydrogen) atoms. The van der Waals surface area contributed by atoms with Crippen LogP contribution in [0.3, 0.4) is 0 Å². The van der Waals surface area contributed by atoms with Crippen molar-refractivity contribution in [1.82, 2.24) is 9.88 Å². The van der Waals surface area contributed by atoms with E-state index in [1.165, 1.54) is 6.20 Å². The lowest BCUT2D eigenvalue weighted by molar-refractivity contribution is -0.130. The van der Waals surface area contributed by atoms with Crippen LogP contribution in [0.5, 0.6) is 0 Å². The van der Waals surface area contributed by atoms with Gasteiger partial charge in [-0.2, -0.15) is 5.26 Å². The smallest absolute Gasteiger partial charge is 0.224 e. The number of nitrogens with zero attached hydrogens (tertiary/aromatic N) is 3. The molecule has 1 amide bonds. The molecule has 5 nitrogen and oxygen atoms in total. The van der Waals surface area contributed by atoms with Gasteiger partial charge in [0.25, 0.3) is 0 Å². The van der Waals surface area contributed by atoms with E-state index in [-0.39, 0.29) is 5.91 Å². The van der Waals surface area contributed by atoms with Crippen molar-refractivity contribution in [1.29, 1.82) is 5.26 Å². The van der Waals surface area contributed by atoms with Gasteiger partial charge in [0.1, 0.15) is 16.9 Å². The molecule has 0 saturated carbocycles. The fourth-order valence-corrected chi connectivity index (χ4v) is 1.90. The Hall–Kier alpha value is -1.80. The van der Waals surface area contributed by atoms with Crippen LogP contribution in [0.4, 0.5) is 5.82 Å². The number of carbonyl (C=O) groups excluding carboxylic acids is 1. The Morgan fingerprint density at radius 1 is 1.53 bits per heavy atom. The van der Waals surface area contributed by atoms with Crippen molar-refractivity contribution in [3.63, 3.8) is 0 Å². The Kier molecular flexibility index (Phi) is 6.10. The molecule has 0 bridgehead atoms. The monoisotopic (exact) mass is 280 g/mol. The van der Waals surface area contributed by atoms with E-state index in [0.29, 0.717) is 42.5 Å². The van der Waals surface area contributed by atoms with Crippen LogP contribution in [0.1, 0.15) is 25.8 Å². The first-order valence-electron chi connectivity index (χ1n) is 6.20. The Morgan fingerprint density at radius 3 is 2.79 bits per heavy atom. The van der Waals surface area contributed by atoms with Crippen LogP contribution in [0.2, 0.25) is 5.02 Å². The zero-order chi connectivity index (χ0) is 14.3. The summed E-state index contributed by atoms with van der Waals surface area (Å²) in [6, 6.07) is 3.53. The molecule has 0 aliphatic heterocycles. The molecule has 0 unspecified atom stereocenters. The minimum atomic E-state index is 0.0880. The third-order valence-corrected chi connectivity index (χ3v) is 3.14.